The summed E-state index contributed by atoms with van der Waals surface area (Å²) in [5, 5.41) is 9.14. The van der Waals surface area contributed by atoms with Gasteiger partial charge in [-0.3, -0.25) is 0 Å². The van der Waals surface area contributed by atoms with Gasteiger partial charge in [-0.2, -0.15) is 0 Å². The Balaban J connectivity index is 1.39. The minimum Gasteiger partial charge on any atom is -0.361 e. The number of rotatable bonds is 5. The number of hydrogen-bond donors (Lipinski definition) is 0. The van der Waals surface area contributed by atoms with Crippen LogP contribution < -0.4 is 4.90 Å². The monoisotopic (exact) mass is 628 g/mol. The molecule has 48 heavy (non-hydrogen) atoms. The average Bonchev–Trinajstić information content (AvgIpc) is 3.40. The highest BCUT2D eigenvalue weighted by molar-refractivity contribution is 6.21. The molecule has 0 radical (unpaired) electrons. The molecule has 6 aromatic carbocycles. The first-order chi connectivity index (χ1) is 22.9. The summed E-state index contributed by atoms with van der Waals surface area (Å²) in [5.74, 6) is 0.839. The summed E-state index contributed by atoms with van der Waals surface area (Å²) in [6, 6.07) is 44.6. The van der Waals surface area contributed by atoms with Crippen molar-refractivity contribution >= 4 is 38.6 Å². The number of benzene rings is 6. The summed E-state index contributed by atoms with van der Waals surface area (Å²) in [6.45, 7) is 17.6. The van der Waals surface area contributed by atoms with Crippen LogP contribution in [0.5, 0.6) is 0 Å². The Bertz CT molecular complexity index is 2110. The third kappa shape index (κ3) is 5.58. The molecule has 0 saturated carbocycles. The third-order valence-electron chi connectivity index (χ3n) is 9.61. The van der Waals surface area contributed by atoms with Gasteiger partial charge < -0.3 is 9.42 Å². The zero-order valence-electron chi connectivity index (χ0n) is 29.3. The number of aryl methyl sites for hydroxylation is 2. The molecule has 0 fully saturated rings. The molecule has 7 rings (SSSR count). The Kier molecular flexibility index (Phi) is 7.75. The fraction of sp³-hybridized carbons (Fsp3) is 0.222. The van der Waals surface area contributed by atoms with Crippen LogP contribution in [0.25, 0.3) is 43.8 Å². The fourth-order valence-corrected chi connectivity index (χ4v) is 6.99. The predicted molar refractivity (Wildman–Crippen MR) is 204 cm³/mol. The van der Waals surface area contributed by atoms with Crippen molar-refractivity contribution in [3.63, 3.8) is 0 Å². The van der Waals surface area contributed by atoms with Crippen molar-refractivity contribution in [1.82, 2.24) is 5.16 Å². The molecule has 0 N–H and O–H groups in total. The minimum atomic E-state index is 0.0893. The Morgan fingerprint density at radius 1 is 0.458 bits per heavy atom. The van der Waals surface area contributed by atoms with Gasteiger partial charge in [0.15, 0.2) is 0 Å². The van der Waals surface area contributed by atoms with Gasteiger partial charge in [-0.05, 0) is 105 Å². The quantitative estimate of drug-likeness (QED) is 0.178. The van der Waals surface area contributed by atoms with Gasteiger partial charge in [0, 0.05) is 28.2 Å². The predicted octanol–water partition coefficient (Wildman–Crippen LogP) is 13.0. The number of aromatic nitrogens is 1. The van der Waals surface area contributed by atoms with E-state index in [4.69, 9.17) is 4.52 Å². The highest BCUT2D eigenvalue weighted by Crippen LogP contribution is 2.46. The lowest BCUT2D eigenvalue weighted by molar-refractivity contribution is 0.393. The topological polar surface area (TPSA) is 29.3 Å². The summed E-state index contributed by atoms with van der Waals surface area (Å²) in [5.41, 5.74) is 11.8. The molecule has 0 unspecified atom stereocenters. The summed E-state index contributed by atoms with van der Waals surface area (Å²) in [6.07, 6.45) is 0. The van der Waals surface area contributed by atoms with E-state index in [2.05, 4.69) is 173 Å². The molecule has 1 heterocycles. The average molecular weight is 629 g/mol. The maximum atomic E-state index is 5.66. The van der Waals surface area contributed by atoms with E-state index in [0.29, 0.717) is 0 Å². The van der Waals surface area contributed by atoms with Crippen molar-refractivity contribution in [1.29, 1.82) is 0 Å². The van der Waals surface area contributed by atoms with E-state index in [-0.39, 0.29) is 10.8 Å². The van der Waals surface area contributed by atoms with Crippen molar-refractivity contribution in [2.75, 3.05) is 4.90 Å². The smallest absolute Gasteiger partial charge is 0.141 e. The lowest BCUT2D eigenvalue weighted by Crippen LogP contribution is -2.14. The molecule has 3 nitrogen and oxygen atoms in total. The number of hydrogen-bond acceptors (Lipinski definition) is 3. The highest BCUT2D eigenvalue weighted by atomic mass is 16.5. The molecular weight excluding hydrogens is 585 g/mol. The lowest BCUT2D eigenvalue weighted by atomic mass is 9.85. The molecule has 0 aliphatic rings. The summed E-state index contributed by atoms with van der Waals surface area (Å²) in [4.78, 5) is 2.36. The van der Waals surface area contributed by atoms with E-state index in [1.807, 2.05) is 13.8 Å². The number of fused-ring (bicyclic) bond motifs is 2. The van der Waals surface area contributed by atoms with Gasteiger partial charge in [0.05, 0.1) is 5.69 Å². The zero-order valence-corrected chi connectivity index (χ0v) is 29.3. The second-order valence-corrected chi connectivity index (χ2v) is 15.0. The summed E-state index contributed by atoms with van der Waals surface area (Å²) in [7, 11) is 0. The molecule has 3 heteroatoms. The number of anilines is 3. The normalized spacial score (nSPS) is 12.2. The molecule has 240 valence electrons. The van der Waals surface area contributed by atoms with Crippen LogP contribution in [-0.4, -0.2) is 5.16 Å². The molecule has 0 spiro atoms. The van der Waals surface area contributed by atoms with E-state index >= 15 is 0 Å². The van der Waals surface area contributed by atoms with Crippen molar-refractivity contribution in [3.8, 4) is 22.3 Å². The molecule has 1 aromatic heterocycles. The third-order valence-corrected chi connectivity index (χ3v) is 9.61. The van der Waals surface area contributed by atoms with Gasteiger partial charge in [0.25, 0.3) is 0 Å². The SMILES string of the molecule is Cc1noc(C)c1-c1c2ccccc2c(-c2ccc(N(c3ccc(C(C)(C)C)cc3)c3ccc(C(C)(C)C)cc3)cc2)c2ccccc12. The van der Waals surface area contributed by atoms with Gasteiger partial charge in [-0.1, -0.05) is 132 Å². The first-order valence-corrected chi connectivity index (χ1v) is 16.9. The van der Waals surface area contributed by atoms with Crippen LogP contribution in [0.2, 0.25) is 0 Å². The van der Waals surface area contributed by atoms with Gasteiger partial charge >= 0.3 is 0 Å². The van der Waals surface area contributed by atoms with Crippen molar-refractivity contribution in [3.05, 3.63) is 144 Å². The maximum Gasteiger partial charge on any atom is 0.141 e. The minimum absolute atomic E-state index is 0.0893. The molecule has 0 bridgehead atoms. The van der Waals surface area contributed by atoms with E-state index in [1.54, 1.807) is 0 Å². The zero-order chi connectivity index (χ0) is 33.8. The second kappa shape index (κ2) is 11.8. The Morgan fingerprint density at radius 3 is 1.19 bits per heavy atom. The standard InChI is InChI=1S/C45H44N2O/c1-29-41(30(2)48-46-29)43-39-15-11-9-13-37(39)42(38-14-10-12-16-40(38)43)31-17-23-34(24-18-31)47(35-25-19-32(20-26-35)44(3,4)5)36-27-21-33(22-28-36)45(6,7)8/h9-28H,1-8H3. The van der Waals surface area contributed by atoms with E-state index < -0.39 is 0 Å². The van der Waals surface area contributed by atoms with Crippen LogP contribution in [0, 0.1) is 13.8 Å². The first-order valence-electron chi connectivity index (χ1n) is 16.9. The molecule has 7 aromatic rings. The molecule has 0 amide bonds. The number of nitrogens with zero attached hydrogens (tertiary/aromatic N) is 2. The molecule has 0 aliphatic heterocycles. The van der Waals surface area contributed by atoms with E-state index in [9.17, 15) is 0 Å². The summed E-state index contributed by atoms with van der Waals surface area (Å²) >= 11 is 0. The molecule has 0 atom stereocenters. The Hall–Kier alpha value is -5.15. The summed E-state index contributed by atoms with van der Waals surface area (Å²) < 4.78 is 5.66. The van der Waals surface area contributed by atoms with Crippen LogP contribution in [-0.2, 0) is 10.8 Å². The van der Waals surface area contributed by atoms with Gasteiger partial charge in [0.2, 0.25) is 0 Å². The Labute approximate surface area is 284 Å². The van der Waals surface area contributed by atoms with Crippen LogP contribution in [0.3, 0.4) is 0 Å². The van der Waals surface area contributed by atoms with Crippen molar-refractivity contribution in [2.45, 2.75) is 66.2 Å². The van der Waals surface area contributed by atoms with E-state index in [1.165, 1.54) is 49.4 Å². The van der Waals surface area contributed by atoms with Crippen LogP contribution in [0.4, 0.5) is 17.1 Å². The van der Waals surface area contributed by atoms with Gasteiger partial charge in [-0.25, -0.2) is 0 Å². The van der Waals surface area contributed by atoms with Crippen molar-refractivity contribution < 1.29 is 4.52 Å². The lowest BCUT2D eigenvalue weighted by Gasteiger charge is -2.28. The second-order valence-electron chi connectivity index (χ2n) is 15.0. The Morgan fingerprint density at radius 2 is 0.833 bits per heavy atom. The first kappa shape index (κ1) is 31.4. The fourth-order valence-electron chi connectivity index (χ4n) is 6.99. The largest absolute Gasteiger partial charge is 0.361 e. The molecule has 0 aliphatic carbocycles. The maximum absolute atomic E-state index is 5.66. The molecule has 0 saturated heterocycles. The van der Waals surface area contributed by atoms with Gasteiger partial charge in [-0.15, -0.1) is 0 Å². The molecular formula is C45H44N2O. The van der Waals surface area contributed by atoms with Crippen LogP contribution in [0.15, 0.2) is 126 Å². The van der Waals surface area contributed by atoms with Crippen LogP contribution in [0.1, 0.15) is 64.1 Å². The van der Waals surface area contributed by atoms with E-state index in [0.717, 1.165) is 34.1 Å². The van der Waals surface area contributed by atoms with Crippen molar-refractivity contribution in [2.24, 2.45) is 0 Å². The van der Waals surface area contributed by atoms with Crippen LogP contribution >= 0.6 is 0 Å². The van der Waals surface area contributed by atoms with Gasteiger partial charge in [0.1, 0.15) is 5.76 Å². The highest BCUT2D eigenvalue weighted by Gasteiger charge is 2.22.